The van der Waals surface area contributed by atoms with Crippen LogP contribution in [0.3, 0.4) is 0 Å². The largest absolute Gasteiger partial charge is 0.310 e. The number of nitrogens with zero attached hydrogens (tertiary/aromatic N) is 1. The first kappa shape index (κ1) is 13.1. The van der Waals surface area contributed by atoms with E-state index in [-0.39, 0.29) is 0 Å². The van der Waals surface area contributed by atoms with E-state index in [1.807, 2.05) is 0 Å². The second-order valence-corrected chi connectivity index (χ2v) is 6.44. The van der Waals surface area contributed by atoms with E-state index in [0.717, 1.165) is 18.6 Å². The Balaban J connectivity index is 1.55. The highest BCUT2D eigenvalue weighted by Gasteiger charge is 2.35. The van der Waals surface area contributed by atoms with Gasteiger partial charge in [0.1, 0.15) is 0 Å². The monoisotopic (exact) mass is 258 g/mol. The molecule has 104 valence electrons. The average Bonchev–Trinajstić information content (AvgIpc) is 2.39. The van der Waals surface area contributed by atoms with E-state index in [2.05, 4.69) is 48.5 Å². The van der Waals surface area contributed by atoms with Crippen LogP contribution in [0.4, 0.5) is 0 Å². The van der Waals surface area contributed by atoms with Crippen LogP contribution < -0.4 is 5.32 Å². The number of rotatable bonds is 3. The maximum absolute atomic E-state index is 3.78. The summed E-state index contributed by atoms with van der Waals surface area (Å²) in [6.45, 7) is 3.17. The van der Waals surface area contributed by atoms with Crippen molar-refractivity contribution >= 4 is 0 Å². The van der Waals surface area contributed by atoms with Gasteiger partial charge in [-0.3, -0.25) is 0 Å². The third-order valence-electron chi connectivity index (χ3n) is 5.06. The summed E-state index contributed by atoms with van der Waals surface area (Å²) in [6.07, 6.45) is 6.90. The fraction of sp³-hybridized carbons (Fsp3) is 0.647. The zero-order valence-electron chi connectivity index (χ0n) is 12.2. The molecule has 1 aromatic rings. The van der Waals surface area contributed by atoms with Gasteiger partial charge in [0, 0.05) is 24.7 Å². The summed E-state index contributed by atoms with van der Waals surface area (Å²) in [7, 11) is 2.32. The van der Waals surface area contributed by atoms with Gasteiger partial charge in [-0.1, -0.05) is 36.2 Å². The molecule has 2 unspecified atom stereocenters. The molecule has 0 spiro atoms. The number of nitrogens with one attached hydrogen (secondary N) is 1. The number of aryl methyl sites for hydroxylation is 1. The zero-order valence-corrected chi connectivity index (χ0v) is 12.2. The van der Waals surface area contributed by atoms with E-state index in [9.17, 15) is 0 Å². The zero-order chi connectivity index (χ0) is 13.2. The van der Waals surface area contributed by atoms with Crippen LogP contribution in [0.15, 0.2) is 24.3 Å². The lowest BCUT2D eigenvalue weighted by Crippen LogP contribution is -2.54. The summed E-state index contributed by atoms with van der Waals surface area (Å²) in [5.74, 6) is 0. The van der Waals surface area contributed by atoms with Crippen LogP contribution in [0.25, 0.3) is 0 Å². The van der Waals surface area contributed by atoms with Gasteiger partial charge in [-0.25, -0.2) is 0 Å². The third kappa shape index (κ3) is 3.01. The van der Waals surface area contributed by atoms with Crippen molar-refractivity contribution in [2.45, 2.75) is 63.7 Å². The molecule has 3 rings (SSSR count). The Morgan fingerprint density at radius 1 is 1.11 bits per heavy atom. The van der Waals surface area contributed by atoms with Crippen molar-refractivity contribution in [3.05, 3.63) is 35.4 Å². The van der Waals surface area contributed by atoms with Crippen molar-refractivity contribution in [2.75, 3.05) is 7.05 Å². The van der Waals surface area contributed by atoms with E-state index in [1.54, 1.807) is 0 Å². The summed E-state index contributed by atoms with van der Waals surface area (Å²) in [5, 5.41) is 3.78. The molecule has 0 aromatic heterocycles. The molecule has 2 nitrogen and oxygen atoms in total. The smallest absolute Gasteiger partial charge is 0.0208 e. The number of piperidine rings is 2. The molecule has 1 N–H and O–H groups in total. The molecule has 2 saturated heterocycles. The van der Waals surface area contributed by atoms with Gasteiger partial charge in [-0.05, 0) is 45.2 Å². The van der Waals surface area contributed by atoms with Crippen LogP contribution in [-0.2, 0) is 6.54 Å². The number of hydrogen-bond donors (Lipinski definition) is 1. The van der Waals surface area contributed by atoms with E-state index < -0.39 is 0 Å². The first-order chi connectivity index (χ1) is 9.22. The molecular weight excluding hydrogens is 232 g/mol. The molecular formula is C17H26N2. The molecule has 2 atom stereocenters. The maximum atomic E-state index is 3.78. The Hall–Kier alpha value is -0.860. The maximum Gasteiger partial charge on any atom is 0.0208 e. The first-order valence-corrected chi connectivity index (χ1v) is 7.73. The molecule has 19 heavy (non-hydrogen) atoms. The normalized spacial score (nSPS) is 31.4. The molecule has 2 aliphatic heterocycles. The summed E-state index contributed by atoms with van der Waals surface area (Å²) in [4.78, 5) is 2.63. The molecule has 2 aliphatic rings. The van der Waals surface area contributed by atoms with Gasteiger partial charge in [0.25, 0.3) is 0 Å². The molecule has 0 aliphatic carbocycles. The molecule has 1 aromatic carbocycles. The van der Waals surface area contributed by atoms with Crippen LogP contribution in [0.1, 0.15) is 43.2 Å². The predicted molar refractivity (Wildman–Crippen MR) is 80.2 cm³/mol. The number of benzene rings is 1. The summed E-state index contributed by atoms with van der Waals surface area (Å²) in [6, 6.07) is 11.3. The van der Waals surface area contributed by atoms with Gasteiger partial charge < -0.3 is 10.2 Å². The van der Waals surface area contributed by atoms with Gasteiger partial charge in [0.05, 0.1) is 0 Å². The minimum Gasteiger partial charge on any atom is -0.310 e. The van der Waals surface area contributed by atoms with E-state index in [1.165, 1.54) is 43.2 Å². The Bertz CT molecular complexity index is 398. The van der Waals surface area contributed by atoms with Crippen LogP contribution in [0.2, 0.25) is 0 Å². The molecule has 2 fully saturated rings. The second kappa shape index (κ2) is 5.64. The highest BCUT2D eigenvalue weighted by atomic mass is 15.2. The van der Waals surface area contributed by atoms with Crippen LogP contribution in [0, 0.1) is 6.92 Å². The number of hydrogen-bond acceptors (Lipinski definition) is 2. The van der Waals surface area contributed by atoms with Crippen LogP contribution in [-0.4, -0.2) is 30.1 Å². The Labute approximate surface area is 117 Å². The highest BCUT2D eigenvalue weighted by molar-refractivity contribution is 5.21. The van der Waals surface area contributed by atoms with E-state index in [4.69, 9.17) is 0 Å². The quantitative estimate of drug-likeness (QED) is 0.896. The lowest BCUT2D eigenvalue weighted by molar-refractivity contribution is 0.0482. The third-order valence-corrected chi connectivity index (χ3v) is 5.06. The molecule has 0 amide bonds. The van der Waals surface area contributed by atoms with Crippen LogP contribution >= 0.6 is 0 Å². The summed E-state index contributed by atoms with van der Waals surface area (Å²) < 4.78 is 0. The molecule has 0 saturated carbocycles. The standard InChI is InChI=1S/C17H26N2/c1-13-6-8-14(9-7-13)12-18-15-10-16-4-3-5-17(11-15)19(16)2/h6-9,15-18H,3-5,10-12H2,1-2H3. The Morgan fingerprint density at radius 3 is 2.37 bits per heavy atom. The predicted octanol–water partition coefficient (Wildman–Crippen LogP) is 3.10. The van der Waals surface area contributed by atoms with Gasteiger partial charge in [-0.15, -0.1) is 0 Å². The average molecular weight is 258 g/mol. The molecule has 2 heteroatoms. The fourth-order valence-electron chi connectivity index (χ4n) is 3.75. The fourth-order valence-corrected chi connectivity index (χ4v) is 3.75. The molecule has 2 bridgehead atoms. The van der Waals surface area contributed by atoms with Gasteiger partial charge in [-0.2, -0.15) is 0 Å². The second-order valence-electron chi connectivity index (χ2n) is 6.44. The minimum atomic E-state index is 0.716. The van der Waals surface area contributed by atoms with Gasteiger partial charge >= 0.3 is 0 Å². The van der Waals surface area contributed by atoms with Gasteiger partial charge in [0.15, 0.2) is 0 Å². The summed E-state index contributed by atoms with van der Waals surface area (Å²) in [5.41, 5.74) is 2.76. The van der Waals surface area contributed by atoms with Crippen LogP contribution in [0.5, 0.6) is 0 Å². The topological polar surface area (TPSA) is 15.3 Å². The Kier molecular flexibility index (Phi) is 3.90. The first-order valence-electron chi connectivity index (χ1n) is 7.73. The molecule has 2 heterocycles. The van der Waals surface area contributed by atoms with Crippen molar-refractivity contribution in [1.29, 1.82) is 0 Å². The van der Waals surface area contributed by atoms with Crippen molar-refractivity contribution in [3.63, 3.8) is 0 Å². The van der Waals surface area contributed by atoms with Crippen molar-refractivity contribution in [2.24, 2.45) is 0 Å². The lowest BCUT2D eigenvalue weighted by atomic mass is 9.82. The van der Waals surface area contributed by atoms with Crippen molar-refractivity contribution < 1.29 is 0 Å². The SMILES string of the molecule is Cc1ccc(CNC2CC3CCCC(C2)N3C)cc1. The van der Waals surface area contributed by atoms with E-state index >= 15 is 0 Å². The number of fused-ring (bicyclic) bond motifs is 2. The highest BCUT2D eigenvalue weighted by Crippen LogP contribution is 2.32. The van der Waals surface area contributed by atoms with Gasteiger partial charge in [0.2, 0.25) is 0 Å². The van der Waals surface area contributed by atoms with Crippen molar-refractivity contribution in [3.8, 4) is 0 Å². The molecule has 0 radical (unpaired) electrons. The minimum absolute atomic E-state index is 0.716. The summed E-state index contributed by atoms with van der Waals surface area (Å²) >= 11 is 0. The van der Waals surface area contributed by atoms with Crippen molar-refractivity contribution in [1.82, 2.24) is 10.2 Å². The Morgan fingerprint density at radius 2 is 1.74 bits per heavy atom. The van der Waals surface area contributed by atoms with E-state index in [0.29, 0.717) is 6.04 Å². The lowest BCUT2D eigenvalue weighted by Gasteiger charge is -2.47.